The van der Waals surface area contributed by atoms with Crippen LogP contribution in [0, 0.1) is 10.8 Å². The summed E-state index contributed by atoms with van der Waals surface area (Å²) in [6.07, 6.45) is 27.9. The number of carbonyl (C=O) groups is 1. The first-order valence-corrected chi connectivity index (χ1v) is 14.5. The summed E-state index contributed by atoms with van der Waals surface area (Å²) >= 11 is 0. The molecule has 0 aromatic carbocycles. The lowest BCUT2D eigenvalue weighted by Gasteiger charge is -2.44. The number of hydrogen-bond donors (Lipinski definition) is 0. The molecule has 37 heavy (non-hydrogen) atoms. The van der Waals surface area contributed by atoms with Crippen LogP contribution >= 0.6 is 0 Å². The quantitative estimate of drug-likeness (QED) is 0.0599. The summed E-state index contributed by atoms with van der Waals surface area (Å²) in [5, 5.41) is 0. The highest BCUT2D eigenvalue weighted by atomic mass is 16.5. The van der Waals surface area contributed by atoms with Crippen molar-refractivity contribution in [1.82, 2.24) is 0 Å². The Balaban J connectivity index is 0.000000724. The third-order valence-corrected chi connectivity index (χ3v) is 7.05. The van der Waals surface area contributed by atoms with Crippen LogP contribution in [-0.4, -0.2) is 37.8 Å². The first-order chi connectivity index (χ1) is 17.7. The van der Waals surface area contributed by atoms with E-state index in [9.17, 15) is 14.4 Å². The zero-order chi connectivity index (χ0) is 27.8. The maximum atomic E-state index is 10.9. The van der Waals surface area contributed by atoms with Gasteiger partial charge in [-0.05, 0) is 62.2 Å². The maximum absolute atomic E-state index is 10.9. The van der Waals surface area contributed by atoms with E-state index in [1.165, 1.54) is 77.7 Å². The minimum absolute atomic E-state index is 0.00750. The molecule has 0 saturated heterocycles. The molecule has 0 amide bonds. The van der Waals surface area contributed by atoms with Crippen molar-refractivity contribution in [2.24, 2.45) is 20.8 Å². The first-order valence-electron chi connectivity index (χ1n) is 14.5. The largest absolute Gasteiger partial charge is 0.469 e. The number of isocyanates is 2. The number of allylic oxidation sites excluding steroid dienone is 2. The summed E-state index contributed by atoms with van der Waals surface area (Å²) < 4.78 is 4.62. The van der Waals surface area contributed by atoms with Gasteiger partial charge in [0.05, 0.1) is 19.7 Å². The fourth-order valence-electron chi connectivity index (χ4n) is 5.53. The molecule has 2 unspecified atom stereocenters. The molecule has 0 aromatic heterocycles. The lowest BCUT2D eigenvalue weighted by atomic mass is 9.63. The van der Waals surface area contributed by atoms with Crippen molar-refractivity contribution in [1.29, 1.82) is 0 Å². The Bertz CT molecular complexity index is 721. The number of nitrogens with zero attached hydrogens (tertiary/aromatic N) is 2. The Morgan fingerprint density at radius 3 is 1.97 bits per heavy atom. The van der Waals surface area contributed by atoms with Gasteiger partial charge in [0.2, 0.25) is 12.2 Å². The summed E-state index contributed by atoms with van der Waals surface area (Å²) in [5.74, 6) is -0.0763. The highest BCUT2D eigenvalue weighted by Crippen LogP contribution is 2.47. The van der Waals surface area contributed by atoms with E-state index < -0.39 is 0 Å². The second kappa shape index (κ2) is 22.0. The number of unbranched alkanes of at least 4 members (excludes halogenated alkanes) is 11. The van der Waals surface area contributed by atoms with Crippen LogP contribution in [-0.2, 0) is 19.1 Å². The molecular weight excluding hydrogens is 464 g/mol. The molecule has 1 fully saturated rings. The van der Waals surface area contributed by atoms with Crippen LogP contribution in [0.4, 0.5) is 0 Å². The molecule has 0 heterocycles. The summed E-state index contributed by atoms with van der Waals surface area (Å²) in [5.41, 5.74) is 0.0561. The molecule has 2 atom stereocenters. The van der Waals surface area contributed by atoms with Gasteiger partial charge in [-0.1, -0.05) is 91.2 Å². The Kier molecular flexibility index (Phi) is 20.8. The van der Waals surface area contributed by atoms with E-state index in [-0.39, 0.29) is 22.8 Å². The number of methoxy groups -OCH3 is 1. The highest BCUT2D eigenvalue weighted by molar-refractivity contribution is 5.68. The van der Waals surface area contributed by atoms with Crippen LogP contribution in [0.3, 0.4) is 0 Å². The summed E-state index contributed by atoms with van der Waals surface area (Å²) in [6.45, 7) is 9.12. The average molecular weight is 519 g/mol. The third-order valence-electron chi connectivity index (χ3n) is 7.05. The zero-order valence-electron chi connectivity index (χ0n) is 24.5. The van der Waals surface area contributed by atoms with Crippen molar-refractivity contribution in [3.05, 3.63) is 12.2 Å². The van der Waals surface area contributed by atoms with E-state index in [0.29, 0.717) is 13.0 Å². The van der Waals surface area contributed by atoms with Gasteiger partial charge < -0.3 is 4.74 Å². The number of esters is 1. The van der Waals surface area contributed by atoms with Crippen molar-refractivity contribution in [2.75, 3.05) is 13.7 Å². The van der Waals surface area contributed by atoms with Gasteiger partial charge in [0.25, 0.3) is 0 Å². The van der Waals surface area contributed by atoms with Gasteiger partial charge in [-0.15, -0.1) is 0 Å². The molecule has 1 saturated carbocycles. The lowest BCUT2D eigenvalue weighted by Crippen LogP contribution is -2.39. The second-order valence-electron chi connectivity index (χ2n) is 11.8. The third kappa shape index (κ3) is 20.7. The smallest absolute Gasteiger partial charge is 0.305 e. The molecule has 0 spiro atoms. The van der Waals surface area contributed by atoms with Crippen molar-refractivity contribution >= 4 is 18.1 Å². The molecule has 0 bridgehead atoms. The predicted octanol–water partition coefficient (Wildman–Crippen LogP) is 8.44. The summed E-state index contributed by atoms with van der Waals surface area (Å²) in [7, 11) is 1.46. The summed E-state index contributed by atoms with van der Waals surface area (Å²) in [4.78, 5) is 38.9. The van der Waals surface area contributed by atoms with Gasteiger partial charge in [0, 0.05) is 6.42 Å². The maximum Gasteiger partial charge on any atom is 0.305 e. The fraction of sp³-hybridized carbons (Fsp3) is 0.839. The van der Waals surface area contributed by atoms with Crippen LogP contribution < -0.4 is 0 Å². The van der Waals surface area contributed by atoms with E-state index in [2.05, 4.69) is 54.6 Å². The van der Waals surface area contributed by atoms with E-state index in [0.717, 1.165) is 32.1 Å². The standard InChI is InChI=1S/C19H36O2.C12H18N2O2/c1-3-4-5-6-7-8-9-10-11-12-13-14-15-16-17-18-19(20)21-2;1-11(2)4-10(14-9-16)5-12(3,6-11)7-13-8-15/h10-11H,3-9,12-18H2,1-2H3;10H,4-7H2,1-3H3/b11-10-;. The molecule has 212 valence electrons. The van der Waals surface area contributed by atoms with Crippen LogP contribution in [0.2, 0.25) is 0 Å². The number of aliphatic imine (C=N–C) groups is 2. The van der Waals surface area contributed by atoms with Crippen molar-refractivity contribution in [2.45, 2.75) is 143 Å². The molecule has 0 aliphatic heterocycles. The molecule has 1 aliphatic carbocycles. The lowest BCUT2D eigenvalue weighted by molar-refractivity contribution is -0.140. The average Bonchev–Trinajstić information content (AvgIpc) is 2.84. The van der Waals surface area contributed by atoms with Crippen LogP contribution in [0.1, 0.15) is 137 Å². The topological polar surface area (TPSA) is 85.2 Å². The van der Waals surface area contributed by atoms with Crippen molar-refractivity contribution in [3.8, 4) is 0 Å². The number of ether oxygens (including phenoxy) is 1. The Hall–Kier alpha value is -2.03. The van der Waals surface area contributed by atoms with Gasteiger partial charge in [0.15, 0.2) is 0 Å². The van der Waals surface area contributed by atoms with Gasteiger partial charge in [-0.3, -0.25) is 4.79 Å². The number of carbonyl (C=O) groups excluding carboxylic acids is 3. The predicted molar refractivity (Wildman–Crippen MR) is 152 cm³/mol. The van der Waals surface area contributed by atoms with Gasteiger partial charge in [-0.25, -0.2) is 19.6 Å². The van der Waals surface area contributed by atoms with Crippen LogP contribution in [0.15, 0.2) is 22.1 Å². The minimum Gasteiger partial charge on any atom is -0.469 e. The molecule has 1 rings (SSSR count). The van der Waals surface area contributed by atoms with Crippen molar-refractivity contribution in [3.63, 3.8) is 0 Å². The molecule has 1 aliphatic rings. The Morgan fingerprint density at radius 2 is 1.43 bits per heavy atom. The fourth-order valence-corrected chi connectivity index (χ4v) is 5.53. The highest BCUT2D eigenvalue weighted by Gasteiger charge is 2.41. The number of rotatable bonds is 18. The molecular formula is C31H54N2O4. The molecule has 0 radical (unpaired) electrons. The molecule has 0 aromatic rings. The first kappa shape index (κ1) is 35.0. The van der Waals surface area contributed by atoms with E-state index in [1.807, 2.05) is 0 Å². The Morgan fingerprint density at radius 1 is 0.865 bits per heavy atom. The normalized spacial score (nSPS) is 20.3. The van der Waals surface area contributed by atoms with Crippen LogP contribution in [0.5, 0.6) is 0 Å². The van der Waals surface area contributed by atoms with Gasteiger partial charge in [0.1, 0.15) is 0 Å². The van der Waals surface area contributed by atoms with Gasteiger partial charge in [-0.2, -0.15) is 0 Å². The number of hydrogen-bond acceptors (Lipinski definition) is 6. The Labute approximate surface area is 226 Å². The van der Waals surface area contributed by atoms with Crippen molar-refractivity contribution < 1.29 is 19.1 Å². The minimum atomic E-state index is -0.0763. The molecule has 6 heteroatoms. The van der Waals surface area contributed by atoms with E-state index >= 15 is 0 Å². The van der Waals surface area contributed by atoms with E-state index in [4.69, 9.17) is 0 Å². The molecule has 0 N–H and O–H groups in total. The molecule has 6 nitrogen and oxygen atoms in total. The monoisotopic (exact) mass is 518 g/mol. The van der Waals surface area contributed by atoms with Gasteiger partial charge >= 0.3 is 5.97 Å². The summed E-state index contributed by atoms with van der Waals surface area (Å²) in [6, 6.07) is 0.00750. The van der Waals surface area contributed by atoms with E-state index in [1.54, 1.807) is 12.2 Å². The second-order valence-corrected chi connectivity index (χ2v) is 11.8. The zero-order valence-corrected chi connectivity index (χ0v) is 24.5. The SMILES string of the molecule is CC1(C)CC(N=C=O)CC(C)(CN=C=O)C1.CCCCCCCC/C=C\CCCCCCCC(=O)OC. The van der Waals surface area contributed by atoms with Crippen LogP contribution in [0.25, 0.3) is 0 Å².